The molecule has 0 heterocycles. The fourth-order valence-corrected chi connectivity index (χ4v) is 1.20. The van der Waals surface area contributed by atoms with Crippen LogP contribution in [0.1, 0.15) is 41.5 Å². The average molecular weight is 190 g/mol. The normalized spacial score (nSPS) is 14.0. The SMILES string of the molecule is CC(C)(C)/C(C#N)=C(/C#N)C(C)(C)C. The number of allylic oxidation sites excluding steroid dienone is 2. The van der Waals surface area contributed by atoms with Crippen molar-refractivity contribution in [2.45, 2.75) is 41.5 Å². The van der Waals surface area contributed by atoms with E-state index in [1.54, 1.807) is 0 Å². The molecule has 0 aliphatic heterocycles. The van der Waals surface area contributed by atoms with Crippen molar-refractivity contribution >= 4 is 0 Å². The predicted octanol–water partition coefficient (Wildman–Crippen LogP) is 3.42. The monoisotopic (exact) mass is 190 g/mol. The van der Waals surface area contributed by atoms with Gasteiger partial charge in [-0.3, -0.25) is 0 Å². The Bertz CT molecular complexity index is 287. The van der Waals surface area contributed by atoms with Gasteiger partial charge < -0.3 is 0 Å². The second-order valence-electron chi connectivity index (χ2n) is 5.47. The molecule has 0 saturated carbocycles. The van der Waals surface area contributed by atoms with Gasteiger partial charge >= 0.3 is 0 Å². The Morgan fingerprint density at radius 2 is 0.929 bits per heavy atom. The third-order valence-electron chi connectivity index (χ3n) is 1.97. The quantitative estimate of drug-likeness (QED) is 0.549. The second kappa shape index (κ2) is 3.84. The van der Waals surface area contributed by atoms with Crippen LogP contribution in [0.3, 0.4) is 0 Å². The average Bonchev–Trinajstić information content (AvgIpc) is 1.94. The van der Waals surface area contributed by atoms with Crippen LogP contribution in [0.25, 0.3) is 0 Å². The fourth-order valence-electron chi connectivity index (χ4n) is 1.20. The first kappa shape index (κ1) is 12.7. The number of nitriles is 2. The van der Waals surface area contributed by atoms with E-state index in [0.29, 0.717) is 11.1 Å². The lowest BCUT2D eigenvalue weighted by molar-refractivity contribution is 0.467. The van der Waals surface area contributed by atoms with E-state index in [2.05, 4.69) is 12.1 Å². The van der Waals surface area contributed by atoms with E-state index < -0.39 is 0 Å². The lowest BCUT2D eigenvalue weighted by Gasteiger charge is -2.25. The van der Waals surface area contributed by atoms with Crippen LogP contribution in [0.15, 0.2) is 11.1 Å². The van der Waals surface area contributed by atoms with Crippen molar-refractivity contribution in [1.82, 2.24) is 0 Å². The summed E-state index contributed by atoms with van der Waals surface area (Å²) in [6.45, 7) is 11.7. The van der Waals surface area contributed by atoms with Crippen molar-refractivity contribution in [3.8, 4) is 12.1 Å². The third-order valence-corrected chi connectivity index (χ3v) is 1.97. The lowest BCUT2D eigenvalue weighted by atomic mass is 9.76. The summed E-state index contributed by atoms with van der Waals surface area (Å²) in [6.07, 6.45) is 0. The summed E-state index contributed by atoms with van der Waals surface area (Å²) in [5, 5.41) is 18.1. The van der Waals surface area contributed by atoms with Crippen LogP contribution < -0.4 is 0 Å². The lowest BCUT2D eigenvalue weighted by Crippen LogP contribution is -2.18. The van der Waals surface area contributed by atoms with Gasteiger partial charge in [0, 0.05) is 11.1 Å². The molecule has 0 unspecified atom stereocenters. The largest absolute Gasteiger partial charge is 0.193 e. The van der Waals surface area contributed by atoms with E-state index in [-0.39, 0.29) is 10.8 Å². The van der Waals surface area contributed by atoms with Crippen LogP contribution in [0.2, 0.25) is 0 Å². The van der Waals surface area contributed by atoms with Crippen molar-refractivity contribution in [2.75, 3.05) is 0 Å². The van der Waals surface area contributed by atoms with Gasteiger partial charge in [-0.15, -0.1) is 0 Å². The summed E-state index contributed by atoms with van der Waals surface area (Å²) in [6, 6.07) is 4.31. The Morgan fingerprint density at radius 1 is 0.714 bits per heavy atom. The first-order valence-corrected chi connectivity index (χ1v) is 4.70. The zero-order valence-corrected chi connectivity index (χ0v) is 9.89. The highest BCUT2D eigenvalue weighted by Crippen LogP contribution is 2.35. The summed E-state index contributed by atoms with van der Waals surface area (Å²) < 4.78 is 0. The van der Waals surface area contributed by atoms with E-state index in [1.165, 1.54) is 0 Å². The molecule has 0 radical (unpaired) electrons. The summed E-state index contributed by atoms with van der Waals surface area (Å²) in [7, 11) is 0. The maximum absolute atomic E-state index is 9.07. The fraction of sp³-hybridized carbons (Fsp3) is 0.667. The molecule has 0 spiro atoms. The third kappa shape index (κ3) is 2.89. The van der Waals surface area contributed by atoms with Gasteiger partial charge in [0.2, 0.25) is 0 Å². The van der Waals surface area contributed by atoms with E-state index in [0.717, 1.165) is 0 Å². The van der Waals surface area contributed by atoms with Crippen LogP contribution >= 0.6 is 0 Å². The topological polar surface area (TPSA) is 47.6 Å². The Morgan fingerprint density at radius 3 is 1.00 bits per heavy atom. The van der Waals surface area contributed by atoms with E-state index in [4.69, 9.17) is 10.5 Å². The minimum absolute atomic E-state index is 0.257. The molecule has 2 nitrogen and oxygen atoms in total. The molecule has 76 valence electrons. The molecule has 0 aromatic rings. The maximum Gasteiger partial charge on any atom is 0.0963 e. The highest BCUT2D eigenvalue weighted by atomic mass is 14.4. The zero-order chi connectivity index (χ0) is 11.6. The van der Waals surface area contributed by atoms with Crippen molar-refractivity contribution in [3.05, 3.63) is 11.1 Å². The molecule has 0 bridgehead atoms. The summed E-state index contributed by atoms with van der Waals surface area (Å²) in [4.78, 5) is 0. The molecule has 0 atom stereocenters. The van der Waals surface area contributed by atoms with Crippen molar-refractivity contribution in [3.63, 3.8) is 0 Å². The van der Waals surface area contributed by atoms with Gasteiger partial charge in [-0.2, -0.15) is 10.5 Å². The van der Waals surface area contributed by atoms with Crippen molar-refractivity contribution in [2.24, 2.45) is 10.8 Å². The highest BCUT2D eigenvalue weighted by molar-refractivity contribution is 5.43. The van der Waals surface area contributed by atoms with Crippen LogP contribution in [-0.2, 0) is 0 Å². The molecule has 0 saturated heterocycles. The van der Waals surface area contributed by atoms with Crippen LogP contribution in [0.4, 0.5) is 0 Å². The van der Waals surface area contributed by atoms with E-state index in [9.17, 15) is 0 Å². The Labute approximate surface area is 86.8 Å². The van der Waals surface area contributed by atoms with Gasteiger partial charge in [0.05, 0.1) is 12.1 Å². The first-order chi connectivity index (χ1) is 6.14. The molecule has 2 heteroatoms. The van der Waals surface area contributed by atoms with E-state index >= 15 is 0 Å². The predicted molar refractivity (Wildman–Crippen MR) is 57.2 cm³/mol. The van der Waals surface area contributed by atoms with Gasteiger partial charge in [-0.05, 0) is 10.8 Å². The molecule has 14 heavy (non-hydrogen) atoms. The number of nitrogens with zero attached hydrogens (tertiary/aromatic N) is 2. The van der Waals surface area contributed by atoms with Gasteiger partial charge in [0.25, 0.3) is 0 Å². The zero-order valence-electron chi connectivity index (χ0n) is 9.89. The van der Waals surface area contributed by atoms with Crippen molar-refractivity contribution < 1.29 is 0 Å². The Kier molecular flexibility index (Phi) is 3.49. The molecule has 0 aliphatic carbocycles. The first-order valence-electron chi connectivity index (χ1n) is 4.70. The Balaban J connectivity index is 5.68. The molecule has 0 fully saturated rings. The molecule has 0 aromatic heterocycles. The molecule has 0 rings (SSSR count). The maximum atomic E-state index is 9.07. The Hall–Kier alpha value is -1.28. The van der Waals surface area contributed by atoms with Gasteiger partial charge in [-0.25, -0.2) is 0 Å². The van der Waals surface area contributed by atoms with Gasteiger partial charge in [0.15, 0.2) is 0 Å². The minimum atomic E-state index is -0.257. The second-order valence-corrected chi connectivity index (χ2v) is 5.47. The molecule has 0 amide bonds. The molecular formula is C12H18N2. The van der Waals surface area contributed by atoms with Gasteiger partial charge in [-0.1, -0.05) is 41.5 Å². The molecule has 0 aliphatic rings. The number of rotatable bonds is 0. The molecular weight excluding hydrogens is 172 g/mol. The smallest absolute Gasteiger partial charge is 0.0963 e. The summed E-state index contributed by atoms with van der Waals surface area (Å²) in [5.74, 6) is 0. The standard InChI is InChI=1S/C12H18N2/c1-11(2,3)9(7-13)10(8-14)12(4,5)6/h1-6H3/b10-9-. The number of hydrogen-bond acceptors (Lipinski definition) is 2. The summed E-state index contributed by atoms with van der Waals surface area (Å²) in [5.41, 5.74) is 0.667. The minimum Gasteiger partial charge on any atom is -0.193 e. The van der Waals surface area contributed by atoms with Crippen LogP contribution in [-0.4, -0.2) is 0 Å². The van der Waals surface area contributed by atoms with Gasteiger partial charge in [0.1, 0.15) is 0 Å². The number of hydrogen-bond donors (Lipinski definition) is 0. The molecule has 0 N–H and O–H groups in total. The van der Waals surface area contributed by atoms with Crippen LogP contribution in [0.5, 0.6) is 0 Å². The molecule has 0 aromatic carbocycles. The summed E-state index contributed by atoms with van der Waals surface area (Å²) >= 11 is 0. The van der Waals surface area contributed by atoms with E-state index in [1.807, 2.05) is 41.5 Å². The van der Waals surface area contributed by atoms with Crippen LogP contribution in [0, 0.1) is 33.5 Å². The van der Waals surface area contributed by atoms with Crippen molar-refractivity contribution in [1.29, 1.82) is 10.5 Å². The highest BCUT2D eigenvalue weighted by Gasteiger charge is 2.28.